The Hall–Kier alpha value is -3.38. The van der Waals surface area contributed by atoms with Gasteiger partial charge in [0.25, 0.3) is 0 Å². The van der Waals surface area contributed by atoms with Crippen LogP contribution < -0.4 is 5.73 Å². The van der Waals surface area contributed by atoms with Crippen LogP contribution in [0.5, 0.6) is 0 Å². The maximum Gasteiger partial charge on any atom is 0.178 e. The first-order chi connectivity index (χ1) is 14.1. The molecule has 0 aliphatic carbocycles. The Morgan fingerprint density at radius 1 is 1.10 bits per heavy atom. The van der Waals surface area contributed by atoms with Crippen molar-refractivity contribution >= 4 is 16.7 Å². The first-order valence-electron chi connectivity index (χ1n) is 9.76. The fraction of sp³-hybridized carbons (Fsp3) is 0.217. The van der Waals surface area contributed by atoms with Crippen LogP contribution in [-0.4, -0.2) is 25.5 Å². The van der Waals surface area contributed by atoms with E-state index in [1.165, 1.54) is 6.92 Å². The molecule has 3 heterocycles. The van der Waals surface area contributed by atoms with Gasteiger partial charge in [-0.25, -0.2) is 9.67 Å². The number of hydrogen-bond donors (Lipinski definition) is 1. The Bertz CT molecular complexity index is 1180. The zero-order valence-electron chi connectivity index (χ0n) is 16.5. The first kappa shape index (κ1) is 19.0. The topological polar surface area (TPSA) is 86.7 Å². The van der Waals surface area contributed by atoms with Crippen LogP contribution in [0, 0.1) is 0 Å². The van der Waals surface area contributed by atoms with Crippen molar-refractivity contribution < 1.29 is 4.79 Å². The molecule has 1 aromatic carbocycles. The Balaban J connectivity index is 1.78. The molecule has 0 spiro atoms. The van der Waals surface area contributed by atoms with Crippen LogP contribution >= 0.6 is 0 Å². The maximum atomic E-state index is 11.7. The number of carbonyl (C=O) groups excluding carboxylic acids is 1. The molecule has 0 aliphatic rings. The number of hydrogen-bond acceptors (Lipinski definition) is 5. The van der Waals surface area contributed by atoms with Crippen LogP contribution in [0.1, 0.15) is 48.9 Å². The minimum absolute atomic E-state index is 0.0623. The van der Waals surface area contributed by atoms with Gasteiger partial charge in [0.15, 0.2) is 11.6 Å². The molecule has 0 aliphatic heterocycles. The smallest absolute Gasteiger partial charge is 0.178 e. The third kappa shape index (κ3) is 3.79. The van der Waals surface area contributed by atoms with Crippen molar-refractivity contribution in [3.8, 4) is 17.1 Å². The quantitative estimate of drug-likeness (QED) is 0.494. The van der Waals surface area contributed by atoms with Crippen LogP contribution in [0.25, 0.3) is 28.0 Å². The van der Waals surface area contributed by atoms with E-state index in [4.69, 9.17) is 10.7 Å². The number of nitrogens with two attached hydrogens (primary N) is 1. The predicted molar refractivity (Wildman–Crippen MR) is 114 cm³/mol. The van der Waals surface area contributed by atoms with E-state index < -0.39 is 0 Å². The summed E-state index contributed by atoms with van der Waals surface area (Å²) in [6.45, 7) is 3.63. The number of Topliss-reactive ketones (excluding diaryl/α,β-unsaturated/α-hetero) is 1. The minimum Gasteiger partial charge on any atom is -0.323 e. The number of nitrogens with zero attached hydrogens (tertiary/aromatic N) is 4. The molecule has 2 N–H and O–H groups in total. The molecule has 0 bridgehead atoms. The van der Waals surface area contributed by atoms with Crippen LogP contribution in [0.4, 0.5) is 0 Å². The van der Waals surface area contributed by atoms with Gasteiger partial charge in [-0.2, -0.15) is 5.10 Å². The zero-order valence-corrected chi connectivity index (χ0v) is 16.5. The normalized spacial score (nSPS) is 12.2. The van der Waals surface area contributed by atoms with Gasteiger partial charge >= 0.3 is 0 Å². The molecular weight excluding hydrogens is 362 g/mol. The highest BCUT2D eigenvalue weighted by Crippen LogP contribution is 2.26. The van der Waals surface area contributed by atoms with Crippen molar-refractivity contribution in [3.63, 3.8) is 0 Å². The van der Waals surface area contributed by atoms with Gasteiger partial charge in [0.1, 0.15) is 5.69 Å². The summed E-state index contributed by atoms with van der Waals surface area (Å²) >= 11 is 0. The van der Waals surface area contributed by atoms with Gasteiger partial charge in [-0.15, -0.1) is 0 Å². The Labute approximate surface area is 169 Å². The molecule has 146 valence electrons. The number of carbonyl (C=O) groups is 1. The van der Waals surface area contributed by atoms with E-state index in [0.717, 1.165) is 40.7 Å². The number of ketones is 1. The summed E-state index contributed by atoms with van der Waals surface area (Å²) in [6, 6.07) is 17.3. The number of aromatic nitrogens is 4. The number of pyridine rings is 2. The highest BCUT2D eigenvalue weighted by molar-refractivity contribution is 5.92. The average Bonchev–Trinajstić information content (AvgIpc) is 3.17. The molecule has 4 aromatic rings. The van der Waals surface area contributed by atoms with Crippen molar-refractivity contribution in [3.05, 3.63) is 72.2 Å². The van der Waals surface area contributed by atoms with Gasteiger partial charge in [-0.05, 0) is 36.8 Å². The van der Waals surface area contributed by atoms with Gasteiger partial charge in [-0.1, -0.05) is 37.6 Å². The summed E-state index contributed by atoms with van der Waals surface area (Å²) in [4.78, 5) is 20.9. The lowest BCUT2D eigenvalue weighted by molar-refractivity contribution is 0.101. The van der Waals surface area contributed by atoms with E-state index in [9.17, 15) is 4.79 Å². The van der Waals surface area contributed by atoms with Gasteiger partial charge in [0, 0.05) is 23.9 Å². The predicted octanol–water partition coefficient (Wildman–Crippen LogP) is 4.49. The lowest BCUT2D eigenvalue weighted by atomic mass is 10.1. The summed E-state index contributed by atoms with van der Waals surface area (Å²) in [5, 5.41) is 5.46. The summed E-state index contributed by atoms with van der Waals surface area (Å²) in [6.07, 6.45) is 3.72. The fourth-order valence-electron chi connectivity index (χ4n) is 3.38. The third-order valence-corrected chi connectivity index (χ3v) is 4.93. The van der Waals surface area contributed by atoms with E-state index in [-0.39, 0.29) is 11.8 Å². The van der Waals surface area contributed by atoms with Crippen molar-refractivity contribution in [2.75, 3.05) is 0 Å². The maximum absolute atomic E-state index is 11.7. The molecule has 0 saturated carbocycles. The van der Waals surface area contributed by atoms with E-state index in [1.807, 2.05) is 48.5 Å². The molecule has 1 atom stereocenters. The monoisotopic (exact) mass is 385 g/mol. The SMILES string of the molecule is CCC[C@H](N)c1cccc(-c2ccc3cnn(-c4cccc(C(C)=O)n4)c3c2)n1. The number of rotatable bonds is 6. The summed E-state index contributed by atoms with van der Waals surface area (Å²) < 4.78 is 1.75. The first-order valence-corrected chi connectivity index (χ1v) is 9.76. The molecular formula is C23H23N5O. The molecule has 0 unspecified atom stereocenters. The van der Waals surface area contributed by atoms with Crippen LogP contribution in [-0.2, 0) is 0 Å². The Morgan fingerprint density at radius 2 is 1.93 bits per heavy atom. The fourth-order valence-corrected chi connectivity index (χ4v) is 3.38. The summed E-state index contributed by atoms with van der Waals surface area (Å²) in [5.41, 5.74) is 10.3. The standard InChI is InChI=1S/C23H23N5O/c1-3-6-18(24)21-9-4-8-20(26-21)16-11-12-17-14-25-28(22(17)13-16)23-10-5-7-19(27-23)15(2)29/h4-5,7-14,18H,3,6,24H2,1-2H3/t18-/m0/s1. The molecule has 0 radical (unpaired) electrons. The van der Waals surface area contributed by atoms with Gasteiger partial charge in [0.2, 0.25) is 0 Å². The molecule has 6 nitrogen and oxygen atoms in total. The molecule has 0 fully saturated rings. The zero-order chi connectivity index (χ0) is 20.4. The van der Waals surface area contributed by atoms with E-state index >= 15 is 0 Å². The second-order valence-electron chi connectivity index (χ2n) is 7.11. The Morgan fingerprint density at radius 3 is 2.72 bits per heavy atom. The largest absolute Gasteiger partial charge is 0.323 e. The van der Waals surface area contributed by atoms with Gasteiger partial charge in [0.05, 0.1) is 23.1 Å². The number of fused-ring (bicyclic) bond motifs is 1. The highest BCUT2D eigenvalue weighted by Gasteiger charge is 2.12. The average molecular weight is 385 g/mol. The van der Waals surface area contributed by atoms with Crippen LogP contribution in [0.3, 0.4) is 0 Å². The van der Waals surface area contributed by atoms with Gasteiger partial charge in [-0.3, -0.25) is 9.78 Å². The molecule has 29 heavy (non-hydrogen) atoms. The molecule has 3 aromatic heterocycles. The van der Waals surface area contributed by atoms with E-state index in [2.05, 4.69) is 17.0 Å². The third-order valence-electron chi connectivity index (χ3n) is 4.93. The number of benzene rings is 1. The molecule has 0 saturated heterocycles. The highest BCUT2D eigenvalue weighted by atomic mass is 16.1. The molecule has 6 heteroatoms. The second kappa shape index (κ2) is 7.93. The van der Waals surface area contributed by atoms with Crippen molar-refractivity contribution in [2.45, 2.75) is 32.7 Å². The van der Waals surface area contributed by atoms with Crippen LogP contribution in [0.15, 0.2) is 60.8 Å². The lowest BCUT2D eigenvalue weighted by Gasteiger charge is -2.11. The molecule has 0 amide bonds. The van der Waals surface area contributed by atoms with Crippen molar-refractivity contribution in [2.24, 2.45) is 5.73 Å². The van der Waals surface area contributed by atoms with E-state index in [0.29, 0.717) is 11.5 Å². The summed E-state index contributed by atoms with van der Waals surface area (Å²) in [5.74, 6) is 0.532. The van der Waals surface area contributed by atoms with Crippen molar-refractivity contribution in [1.82, 2.24) is 19.7 Å². The van der Waals surface area contributed by atoms with Crippen LogP contribution in [0.2, 0.25) is 0 Å². The van der Waals surface area contributed by atoms with E-state index in [1.54, 1.807) is 16.9 Å². The minimum atomic E-state index is -0.0755. The molecule has 4 rings (SSSR count). The Kier molecular flexibility index (Phi) is 5.18. The van der Waals surface area contributed by atoms with Gasteiger partial charge < -0.3 is 5.73 Å². The summed E-state index contributed by atoms with van der Waals surface area (Å²) in [7, 11) is 0. The second-order valence-corrected chi connectivity index (χ2v) is 7.11. The van der Waals surface area contributed by atoms with Crippen molar-refractivity contribution in [1.29, 1.82) is 0 Å². The lowest BCUT2D eigenvalue weighted by Crippen LogP contribution is -2.11.